The molecule has 0 amide bonds. The molecule has 15 heavy (non-hydrogen) atoms. The highest BCUT2D eigenvalue weighted by Gasteiger charge is 2.12. The zero-order chi connectivity index (χ0) is 11.4. The van der Waals surface area contributed by atoms with Crippen molar-refractivity contribution >= 4 is 15.9 Å². The number of hydrogen-bond donors (Lipinski definition) is 1. The lowest BCUT2D eigenvalue weighted by Crippen LogP contribution is -2.00. The van der Waals surface area contributed by atoms with Gasteiger partial charge in [-0.15, -0.1) is 6.58 Å². The molecule has 0 bridgehead atoms. The molecule has 0 aliphatic heterocycles. The summed E-state index contributed by atoms with van der Waals surface area (Å²) >= 11 is 3.17. The highest BCUT2D eigenvalue weighted by molar-refractivity contribution is 9.10. The van der Waals surface area contributed by atoms with E-state index in [0.29, 0.717) is 22.9 Å². The van der Waals surface area contributed by atoms with Gasteiger partial charge < -0.3 is 5.11 Å². The number of allylic oxidation sites excluding steroid dienone is 1. The lowest BCUT2D eigenvalue weighted by atomic mass is 10.0. The van der Waals surface area contributed by atoms with E-state index < -0.39 is 6.10 Å². The molecule has 0 saturated carbocycles. The Morgan fingerprint density at radius 2 is 2.27 bits per heavy atom. The minimum atomic E-state index is -0.755. The van der Waals surface area contributed by atoms with Crippen molar-refractivity contribution in [2.24, 2.45) is 0 Å². The molecule has 1 atom stereocenters. The Kier molecular flexibility index (Phi) is 4.48. The summed E-state index contributed by atoms with van der Waals surface area (Å²) in [5.41, 5.74) is 1.34. The second-order valence-corrected chi connectivity index (χ2v) is 4.59. The van der Waals surface area contributed by atoms with Gasteiger partial charge in [-0.2, -0.15) is 0 Å². The van der Waals surface area contributed by atoms with Crippen LogP contribution in [0.5, 0.6) is 0 Å². The Bertz CT molecular complexity index is 363. The molecule has 1 rings (SSSR count). The van der Waals surface area contributed by atoms with Gasteiger partial charge in [0.25, 0.3) is 0 Å². The second-order valence-electron chi connectivity index (χ2n) is 3.68. The van der Waals surface area contributed by atoms with E-state index in [-0.39, 0.29) is 5.82 Å². The summed E-state index contributed by atoms with van der Waals surface area (Å²) in [5.74, 6) is -0.376. The lowest BCUT2D eigenvalue weighted by Gasteiger charge is -2.11. The third-order valence-corrected chi connectivity index (χ3v) is 2.66. The number of aliphatic hydroxyl groups is 1. The van der Waals surface area contributed by atoms with Crippen LogP contribution in [0, 0.1) is 5.82 Å². The van der Waals surface area contributed by atoms with E-state index in [9.17, 15) is 9.50 Å². The van der Waals surface area contributed by atoms with Gasteiger partial charge in [-0.05, 0) is 31.9 Å². The first kappa shape index (κ1) is 12.4. The summed E-state index contributed by atoms with van der Waals surface area (Å²) in [6, 6.07) is 4.68. The van der Waals surface area contributed by atoms with Crippen molar-refractivity contribution in [2.45, 2.75) is 25.9 Å². The maximum atomic E-state index is 13.4. The Labute approximate surface area is 97.8 Å². The van der Waals surface area contributed by atoms with Crippen LogP contribution in [0.15, 0.2) is 34.8 Å². The molecule has 1 aromatic rings. The van der Waals surface area contributed by atoms with Gasteiger partial charge in [-0.1, -0.05) is 27.6 Å². The van der Waals surface area contributed by atoms with Gasteiger partial charge >= 0.3 is 0 Å². The Hall–Kier alpha value is -0.670. The van der Waals surface area contributed by atoms with Crippen molar-refractivity contribution in [2.75, 3.05) is 0 Å². The third kappa shape index (κ3) is 3.76. The van der Waals surface area contributed by atoms with Crippen molar-refractivity contribution < 1.29 is 9.50 Å². The fourth-order valence-corrected chi connectivity index (χ4v) is 1.64. The van der Waals surface area contributed by atoms with Crippen LogP contribution in [0.4, 0.5) is 4.39 Å². The van der Waals surface area contributed by atoms with Crippen LogP contribution in [-0.2, 0) is 0 Å². The second kappa shape index (κ2) is 5.42. The van der Waals surface area contributed by atoms with E-state index in [0.717, 1.165) is 5.57 Å². The summed E-state index contributed by atoms with van der Waals surface area (Å²) in [5, 5.41) is 9.74. The molecule has 0 aliphatic rings. The first-order valence-electron chi connectivity index (χ1n) is 4.78. The topological polar surface area (TPSA) is 20.2 Å². The van der Waals surface area contributed by atoms with Crippen molar-refractivity contribution in [1.29, 1.82) is 0 Å². The molecule has 1 nitrogen and oxygen atoms in total. The predicted octanol–water partition coefficient (Wildman–Crippen LogP) is 3.98. The largest absolute Gasteiger partial charge is 0.388 e. The fraction of sp³-hybridized carbons (Fsp3) is 0.333. The summed E-state index contributed by atoms with van der Waals surface area (Å²) in [4.78, 5) is 0. The molecule has 0 fully saturated rings. The number of benzene rings is 1. The van der Waals surface area contributed by atoms with Gasteiger partial charge in [0.05, 0.1) is 6.10 Å². The highest BCUT2D eigenvalue weighted by atomic mass is 79.9. The molecule has 0 aromatic heterocycles. The number of rotatable bonds is 4. The van der Waals surface area contributed by atoms with Crippen LogP contribution < -0.4 is 0 Å². The van der Waals surface area contributed by atoms with Gasteiger partial charge in [-0.3, -0.25) is 0 Å². The van der Waals surface area contributed by atoms with Gasteiger partial charge in [0.2, 0.25) is 0 Å². The fourth-order valence-electron chi connectivity index (χ4n) is 1.31. The Morgan fingerprint density at radius 3 is 2.80 bits per heavy atom. The molecule has 1 unspecified atom stereocenters. The summed E-state index contributed by atoms with van der Waals surface area (Å²) in [6.45, 7) is 5.64. The van der Waals surface area contributed by atoms with Gasteiger partial charge in [0, 0.05) is 10.0 Å². The minimum Gasteiger partial charge on any atom is -0.388 e. The van der Waals surface area contributed by atoms with E-state index >= 15 is 0 Å². The van der Waals surface area contributed by atoms with Crippen LogP contribution >= 0.6 is 15.9 Å². The van der Waals surface area contributed by atoms with Crippen molar-refractivity contribution in [3.63, 3.8) is 0 Å². The molecule has 0 heterocycles. The van der Waals surface area contributed by atoms with E-state index in [4.69, 9.17) is 0 Å². The Balaban J connectivity index is 2.73. The van der Waals surface area contributed by atoms with E-state index in [2.05, 4.69) is 22.5 Å². The molecule has 0 radical (unpaired) electrons. The zero-order valence-corrected chi connectivity index (χ0v) is 10.2. The SMILES string of the molecule is C=C(C)CCC(O)c1ccc(Br)cc1F. The normalized spacial score (nSPS) is 12.5. The zero-order valence-electron chi connectivity index (χ0n) is 8.63. The van der Waals surface area contributed by atoms with Crippen LogP contribution in [0.1, 0.15) is 31.4 Å². The average molecular weight is 273 g/mol. The maximum absolute atomic E-state index is 13.4. The van der Waals surface area contributed by atoms with Crippen LogP contribution in [0.3, 0.4) is 0 Å². The Morgan fingerprint density at radius 1 is 1.60 bits per heavy atom. The molecular formula is C12H14BrFO. The van der Waals surface area contributed by atoms with Gasteiger partial charge in [-0.25, -0.2) is 4.39 Å². The molecule has 0 saturated heterocycles. The van der Waals surface area contributed by atoms with Crippen molar-refractivity contribution in [1.82, 2.24) is 0 Å². The predicted molar refractivity (Wildman–Crippen MR) is 63.1 cm³/mol. The number of halogens is 2. The molecule has 1 N–H and O–H groups in total. The van der Waals surface area contributed by atoms with E-state index in [1.54, 1.807) is 12.1 Å². The highest BCUT2D eigenvalue weighted by Crippen LogP contribution is 2.25. The lowest BCUT2D eigenvalue weighted by molar-refractivity contribution is 0.163. The van der Waals surface area contributed by atoms with Gasteiger partial charge in [0.1, 0.15) is 5.82 Å². The van der Waals surface area contributed by atoms with Crippen molar-refractivity contribution in [3.8, 4) is 0 Å². The summed E-state index contributed by atoms with van der Waals surface area (Å²) < 4.78 is 14.1. The smallest absolute Gasteiger partial charge is 0.130 e. The van der Waals surface area contributed by atoms with Crippen LogP contribution in [-0.4, -0.2) is 5.11 Å². The quantitative estimate of drug-likeness (QED) is 0.823. The number of aliphatic hydroxyl groups excluding tert-OH is 1. The first-order chi connectivity index (χ1) is 7.00. The minimum absolute atomic E-state index is 0.347. The van der Waals surface area contributed by atoms with Crippen molar-refractivity contribution in [3.05, 3.63) is 46.2 Å². The molecule has 3 heteroatoms. The monoisotopic (exact) mass is 272 g/mol. The van der Waals surface area contributed by atoms with E-state index in [1.807, 2.05) is 6.92 Å². The standard InChI is InChI=1S/C12H14BrFO/c1-8(2)3-6-12(15)10-5-4-9(13)7-11(10)14/h4-5,7,12,15H,1,3,6H2,2H3. The molecule has 0 spiro atoms. The average Bonchev–Trinajstić information content (AvgIpc) is 2.14. The van der Waals surface area contributed by atoms with Crippen LogP contribution in [0.2, 0.25) is 0 Å². The molecule has 82 valence electrons. The third-order valence-electron chi connectivity index (χ3n) is 2.17. The van der Waals surface area contributed by atoms with Crippen LogP contribution in [0.25, 0.3) is 0 Å². The first-order valence-corrected chi connectivity index (χ1v) is 5.57. The maximum Gasteiger partial charge on any atom is 0.130 e. The summed E-state index contributed by atoms with van der Waals surface area (Å²) in [7, 11) is 0. The van der Waals surface area contributed by atoms with Gasteiger partial charge in [0.15, 0.2) is 0 Å². The number of hydrogen-bond acceptors (Lipinski definition) is 1. The molecule has 0 aliphatic carbocycles. The molecule has 1 aromatic carbocycles. The van der Waals surface area contributed by atoms with E-state index in [1.165, 1.54) is 6.07 Å². The molecular weight excluding hydrogens is 259 g/mol. The summed E-state index contributed by atoms with van der Waals surface area (Å²) in [6.07, 6.45) is 0.458.